The Morgan fingerprint density at radius 2 is 1.80 bits per heavy atom. The minimum atomic E-state index is 0. The number of hydrogen-bond acceptors (Lipinski definition) is 3. The van der Waals surface area contributed by atoms with E-state index in [-0.39, 0.29) is 48.5 Å². The first-order valence-corrected chi connectivity index (χ1v) is 9.16. The summed E-state index contributed by atoms with van der Waals surface area (Å²) in [5.41, 5.74) is 2.95. The first-order valence-electron chi connectivity index (χ1n) is 9.16. The number of carbonyl (C=O) groups is 1. The average Bonchev–Trinajstić information content (AvgIpc) is 2.55. The van der Waals surface area contributed by atoms with E-state index < -0.39 is 0 Å². The van der Waals surface area contributed by atoms with Crippen molar-refractivity contribution >= 4 is 11.6 Å². The first kappa shape index (κ1) is 20.8. The Morgan fingerprint density at radius 1 is 1.12 bits per heavy atom. The van der Waals surface area contributed by atoms with Gasteiger partial charge in [-0.3, -0.25) is 4.79 Å². The van der Waals surface area contributed by atoms with E-state index in [9.17, 15) is 4.79 Å². The Hall–Kier alpha value is -0.498. The second-order valence-electron chi connectivity index (χ2n) is 8.01. The van der Waals surface area contributed by atoms with Crippen LogP contribution in [0.5, 0.6) is 0 Å². The third kappa shape index (κ3) is 5.49. The molecule has 1 aromatic rings. The number of rotatable bonds is 3. The molecule has 1 amide bonds. The number of benzene rings is 1. The summed E-state index contributed by atoms with van der Waals surface area (Å²) in [4.78, 5) is 16.4. The van der Waals surface area contributed by atoms with Crippen LogP contribution in [-0.4, -0.2) is 43.0 Å². The van der Waals surface area contributed by atoms with E-state index in [1.807, 2.05) is 0 Å². The van der Waals surface area contributed by atoms with Crippen molar-refractivity contribution in [3.05, 3.63) is 36.4 Å². The molecule has 1 aromatic carbocycles. The molecule has 0 spiro atoms. The standard InChI is InChI=1S/C20H30N3O.U/c1-20(2,3)17-8-4-5-9-18(17)23-13-11-22(12-14-23)15-16-7-6-10-19(24)21-16;/h4-5,8-9,15-16H,6-7,10-14H2,1-3H3,(H,21,24);/q-1;. The largest absolute Gasteiger partial charge is 0.452 e. The number of nitrogens with zero attached hydrogens (tertiary/aromatic N) is 2. The SMILES string of the molecule is CC(C)(C)c1ccccc1N1CCN([CH-]C2CCCC(=O)N2)CC1.[U]. The molecular weight excluding hydrogens is 536 g/mol. The monoisotopic (exact) mass is 566 g/mol. The summed E-state index contributed by atoms with van der Waals surface area (Å²) in [6.45, 7) is 13.2. The van der Waals surface area contributed by atoms with Gasteiger partial charge in [0.15, 0.2) is 0 Å². The molecule has 2 heterocycles. The second kappa shape index (κ2) is 8.93. The third-order valence-corrected chi connectivity index (χ3v) is 5.02. The van der Waals surface area contributed by atoms with E-state index >= 15 is 0 Å². The second-order valence-corrected chi connectivity index (χ2v) is 8.01. The molecular formula is C20H30N3OU-. The molecule has 5 heteroatoms. The number of amides is 1. The number of para-hydroxylation sites is 1. The Balaban J connectivity index is 0.00000225. The van der Waals surface area contributed by atoms with Gasteiger partial charge in [-0.2, -0.15) is 0 Å². The normalized spacial score (nSPS) is 22.3. The molecule has 1 atom stereocenters. The van der Waals surface area contributed by atoms with Crippen molar-refractivity contribution in [3.8, 4) is 0 Å². The summed E-state index contributed by atoms with van der Waals surface area (Å²) in [6.07, 6.45) is 2.76. The van der Waals surface area contributed by atoms with Gasteiger partial charge in [-0.15, -0.1) is 0 Å². The van der Waals surface area contributed by atoms with Gasteiger partial charge < -0.3 is 15.1 Å². The molecule has 0 radical (unpaired) electrons. The van der Waals surface area contributed by atoms with Crippen molar-refractivity contribution in [2.75, 3.05) is 31.1 Å². The van der Waals surface area contributed by atoms with E-state index in [0.717, 1.165) is 39.0 Å². The number of piperidine rings is 1. The molecule has 2 aliphatic heterocycles. The molecule has 2 saturated heterocycles. The Labute approximate surface area is 176 Å². The quantitative estimate of drug-likeness (QED) is 0.572. The summed E-state index contributed by atoms with van der Waals surface area (Å²) < 4.78 is 0. The van der Waals surface area contributed by atoms with Crippen LogP contribution in [0.2, 0.25) is 0 Å². The van der Waals surface area contributed by atoms with Crippen molar-refractivity contribution in [1.82, 2.24) is 10.2 Å². The smallest absolute Gasteiger partial charge is 0.217 e. The minimum absolute atomic E-state index is 0. The van der Waals surface area contributed by atoms with Crippen molar-refractivity contribution in [1.29, 1.82) is 0 Å². The summed E-state index contributed by atoms with van der Waals surface area (Å²) in [5.74, 6) is 0.195. The zero-order valence-electron chi connectivity index (χ0n) is 15.7. The van der Waals surface area contributed by atoms with Gasteiger partial charge in [-0.05, 0) is 36.6 Å². The summed E-state index contributed by atoms with van der Waals surface area (Å²) in [5, 5.41) is 3.09. The fourth-order valence-electron chi connectivity index (χ4n) is 3.70. The molecule has 2 fully saturated rings. The fraction of sp³-hybridized carbons (Fsp3) is 0.600. The van der Waals surface area contributed by atoms with Crippen LogP contribution in [0.15, 0.2) is 24.3 Å². The number of nitrogens with one attached hydrogen (secondary N) is 1. The topological polar surface area (TPSA) is 35.6 Å². The van der Waals surface area contributed by atoms with Gasteiger partial charge >= 0.3 is 0 Å². The van der Waals surface area contributed by atoms with Crippen LogP contribution >= 0.6 is 0 Å². The molecule has 25 heavy (non-hydrogen) atoms. The Kier molecular flexibility index (Phi) is 7.43. The van der Waals surface area contributed by atoms with E-state index in [4.69, 9.17) is 0 Å². The van der Waals surface area contributed by atoms with Gasteiger partial charge in [0, 0.05) is 56.3 Å². The molecule has 0 aliphatic carbocycles. The van der Waals surface area contributed by atoms with E-state index in [2.05, 4.69) is 66.7 Å². The van der Waals surface area contributed by atoms with Crippen molar-refractivity contribution in [2.45, 2.75) is 51.5 Å². The van der Waals surface area contributed by atoms with E-state index in [1.54, 1.807) is 0 Å². The van der Waals surface area contributed by atoms with Crippen LogP contribution in [0.25, 0.3) is 0 Å². The van der Waals surface area contributed by atoms with Gasteiger partial charge in [0.25, 0.3) is 0 Å². The molecule has 0 aromatic heterocycles. The number of anilines is 1. The van der Waals surface area contributed by atoms with Crippen LogP contribution in [0.1, 0.15) is 45.6 Å². The Morgan fingerprint density at radius 3 is 2.44 bits per heavy atom. The fourth-order valence-corrected chi connectivity index (χ4v) is 3.70. The molecule has 4 nitrogen and oxygen atoms in total. The van der Waals surface area contributed by atoms with Gasteiger partial charge in [-0.1, -0.05) is 51.4 Å². The van der Waals surface area contributed by atoms with Crippen LogP contribution in [-0.2, 0) is 10.2 Å². The molecule has 136 valence electrons. The van der Waals surface area contributed by atoms with Crippen LogP contribution in [0, 0.1) is 37.7 Å². The van der Waals surface area contributed by atoms with Crippen LogP contribution in [0.3, 0.4) is 0 Å². The predicted molar refractivity (Wildman–Crippen MR) is 99.0 cm³/mol. The average molecular weight is 567 g/mol. The maximum atomic E-state index is 11.5. The van der Waals surface area contributed by atoms with Gasteiger partial charge in [0.2, 0.25) is 5.91 Å². The molecule has 0 saturated carbocycles. The van der Waals surface area contributed by atoms with E-state index in [0.29, 0.717) is 6.42 Å². The number of hydrogen-bond donors (Lipinski definition) is 1. The Bertz CT molecular complexity index is 577. The van der Waals surface area contributed by atoms with Gasteiger partial charge in [-0.25, -0.2) is 6.54 Å². The minimum Gasteiger partial charge on any atom is -0.452 e. The molecule has 2 aliphatic rings. The first-order chi connectivity index (χ1) is 11.4. The molecule has 1 unspecified atom stereocenters. The predicted octanol–water partition coefficient (Wildman–Crippen LogP) is 2.94. The maximum Gasteiger partial charge on any atom is 0.217 e. The zero-order valence-corrected chi connectivity index (χ0v) is 19.9. The molecule has 3 rings (SSSR count). The van der Waals surface area contributed by atoms with Crippen LogP contribution < -0.4 is 10.2 Å². The number of piperazine rings is 1. The van der Waals surface area contributed by atoms with E-state index in [1.165, 1.54) is 11.3 Å². The van der Waals surface area contributed by atoms with Crippen molar-refractivity contribution < 1.29 is 35.9 Å². The zero-order chi connectivity index (χ0) is 17.2. The third-order valence-electron chi connectivity index (χ3n) is 5.02. The van der Waals surface area contributed by atoms with Crippen molar-refractivity contribution in [3.63, 3.8) is 0 Å². The number of carbonyl (C=O) groups excluding carboxylic acids is 1. The summed E-state index contributed by atoms with van der Waals surface area (Å²) in [6, 6.07) is 9.01. The molecule has 0 bridgehead atoms. The van der Waals surface area contributed by atoms with Gasteiger partial charge in [0.1, 0.15) is 0 Å². The summed E-state index contributed by atoms with van der Waals surface area (Å²) >= 11 is 0. The van der Waals surface area contributed by atoms with Crippen LogP contribution in [0.4, 0.5) is 5.69 Å². The summed E-state index contributed by atoms with van der Waals surface area (Å²) in [7, 11) is 0. The maximum absolute atomic E-state index is 11.5. The van der Waals surface area contributed by atoms with Gasteiger partial charge in [0.05, 0.1) is 0 Å². The van der Waals surface area contributed by atoms with Crippen molar-refractivity contribution in [2.24, 2.45) is 0 Å². The molecule has 1 N–H and O–H groups in total.